The summed E-state index contributed by atoms with van der Waals surface area (Å²) in [5, 5.41) is 11.9. The standard InChI is InChI=1S/C19H33N3O4.ClH/c1-2-10-21(14-18(24)25)13-17(23)20-16-8-11-22(12-9-16)19(26)15-6-4-3-5-7-15;/h15-16H,2-14H2,1H3,(H,20,23)(H,24,25);1H. The molecular weight excluding hydrogens is 370 g/mol. The lowest BCUT2D eigenvalue weighted by Gasteiger charge is -2.35. The minimum absolute atomic E-state index is 0. The number of hydrogen-bond acceptors (Lipinski definition) is 4. The van der Waals surface area contributed by atoms with Crippen LogP contribution in [0, 0.1) is 5.92 Å². The van der Waals surface area contributed by atoms with Crippen molar-refractivity contribution in [3.05, 3.63) is 0 Å². The number of amides is 2. The highest BCUT2D eigenvalue weighted by atomic mass is 35.5. The van der Waals surface area contributed by atoms with Crippen LogP contribution in [-0.4, -0.2) is 71.5 Å². The molecule has 1 aliphatic carbocycles. The van der Waals surface area contributed by atoms with E-state index in [1.54, 1.807) is 4.90 Å². The molecule has 0 bridgehead atoms. The highest BCUT2D eigenvalue weighted by Crippen LogP contribution is 2.26. The summed E-state index contributed by atoms with van der Waals surface area (Å²) in [6, 6.07) is 0.0752. The van der Waals surface area contributed by atoms with E-state index in [1.807, 2.05) is 11.8 Å². The van der Waals surface area contributed by atoms with E-state index in [-0.39, 0.29) is 43.4 Å². The van der Waals surface area contributed by atoms with E-state index >= 15 is 0 Å². The Morgan fingerprint density at radius 2 is 1.67 bits per heavy atom. The van der Waals surface area contributed by atoms with E-state index in [0.717, 1.165) is 44.9 Å². The van der Waals surface area contributed by atoms with Crippen LogP contribution in [0.2, 0.25) is 0 Å². The second-order valence-electron chi connectivity index (χ2n) is 7.61. The van der Waals surface area contributed by atoms with E-state index in [0.29, 0.717) is 25.5 Å². The monoisotopic (exact) mass is 403 g/mol. The third kappa shape index (κ3) is 8.05. The van der Waals surface area contributed by atoms with E-state index in [2.05, 4.69) is 5.32 Å². The molecule has 0 radical (unpaired) electrons. The molecule has 2 aliphatic rings. The molecule has 1 saturated heterocycles. The van der Waals surface area contributed by atoms with Crippen molar-refractivity contribution in [3.8, 4) is 0 Å². The van der Waals surface area contributed by atoms with Gasteiger partial charge in [-0.3, -0.25) is 19.3 Å². The molecular formula is C19H34ClN3O4. The summed E-state index contributed by atoms with van der Waals surface area (Å²) in [7, 11) is 0. The maximum Gasteiger partial charge on any atom is 0.317 e. The first-order valence-corrected chi connectivity index (χ1v) is 10.0. The summed E-state index contributed by atoms with van der Waals surface area (Å²) in [6.45, 7) is 3.96. The average molecular weight is 404 g/mol. The number of rotatable bonds is 8. The van der Waals surface area contributed by atoms with Gasteiger partial charge in [0.1, 0.15) is 0 Å². The van der Waals surface area contributed by atoms with Crippen LogP contribution in [0.15, 0.2) is 0 Å². The molecule has 0 atom stereocenters. The van der Waals surface area contributed by atoms with Crippen LogP contribution in [0.1, 0.15) is 58.3 Å². The number of aliphatic carboxylic acids is 1. The topological polar surface area (TPSA) is 89.9 Å². The minimum Gasteiger partial charge on any atom is -0.480 e. The molecule has 1 aliphatic heterocycles. The predicted octanol–water partition coefficient (Wildman–Crippen LogP) is 1.89. The second-order valence-corrected chi connectivity index (χ2v) is 7.61. The highest BCUT2D eigenvalue weighted by molar-refractivity contribution is 5.85. The number of halogens is 1. The minimum atomic E-state index is -0.916. The molecule has 0 aromatic carbocycles. The molecule has 8 heteroatoms. The van der Waals surface area contributed by atoms with Crippen LogP contribution in [0.3, 0.4) is 0 Å². The van der Waals surface area contributed by atoms with Crippen LogP contribution >= 0.6 is 12.4 Å². The Hall–Kier alpha value is -1.34. The number of nitrogens with zero attached hydrogens (tertiary/aromatic N) is 2. The van der Waals surface area contributed by atoms with Crippen molar-refractivity contribution >= 4 is 30.2 Å². The Kier molecular flexibility index (Phi) is 10.7. The number of carbonyl (C=O) groups excluding carboxylic acids is 2. The van der Waals surface area contributed by atoms with Gasteiger partial charge in [-0.2, -0.15) is 0 Å². The molecule has 2 rings (SSSR count). The first-order chi connectivity index (χ1) is 12.5. The van der Waals surface area contributed by atoms with Gasteiger partial charge in [0.15, 0.2) is 0 Å². The van der Waals surface area contributed by atoms with Crippen molar-refractivity contribution in [2.24, 2.45) is 5.92 Å². The number of likely N-dealkylation sites (tertiary alicyclic amines) is 1. The number of carboxylic acids is 1. The number of hydrogen-bond donors (Lipinski definition) is 2. The van der Waals surface area contributed by atoms with Gasteiger partial charge >= 0.3 is 5.97 Å². The molecule has 27 heavy (non-hydrogen) atoms. The fourth-order valence-corrected chi connectivity index (χ4v) is 4.05. The summed E-state index contributed by atoms with van der Waals surface area (Å²) < 4.78 is 0. The van der Waals surface area contributed by atoms with Gasteiger partial charge in [-0.15, -0.1) is 12.4 Å². The van der Waals surface area contributed by atoms with Crippen LogP contribution in [0.25, 0.3) is 0 Å². The molecule has 0 aromatic rings. The second kappa shape index (κ2) is 12.2. The molecule has 2 fully saturated rings. The fraction of sp³-hybridized carbons (Fsp3) is 0.842. The lowest BCUT2D eigenvalue weighted by Crippen LogP contribution is -2.50. The third-order valence-electron chi connectivity index (χ3n) is 5.39. The Morgan fingerprint density at radius 1 is 1.04 bits per heavy atom. The summed E-state index contributed by atoms with van der Waals surface area (Å²) >= 11 is 0. The summed E-state index contributed by atoms with van der Waals surface area (Å²) in [5.74, 6) is -0.545. The molecule has 0 unspecified atom stereocenters. The lowest BCUT2D eigenvalue weighted by atomic mass is 9.87. The maximum absolute atomic E-state index is 12.6. The first-order valence-electron chi connectivity index (χ1n) is 10.0. The van der Waals surface area contributed by atoms with Crippen LogP contribution in [0.5, 0.6) is 0 Å². The number of carbonyl (C=O) groups is 3. The first kappa shape index (κ1) is 23.7. The van der Waals surface area contributed by atoms with E-state index in [1.165, 1.54) is 6.42 Å². The quantitative estimate of drug-likeness (QED) is 0.646. The van der Waals surface area contributed by atoms with Crippen LogP contribution in [0.4, 0.5) is 0 Å². The molecule has 0 spiro atoms. The Labute approximate surface area is 168 Å². The molecule has 1 saturated carbocycles. The van der Waals surface area contributed by atoms with Gasteiger partial charge in [0, 0.05) is 25.0 Å². The number of carboxylic acid groups (broad SMARTS) is 1. The SMILES string of the molecule is CCCN(CC(=O)O)CC(=O)NC1CCN(C(=O)C2CCCCC2)CC1.Cl. The number of piperidine rings is 1. The summed E-state index contributed by atoms with van der Waals surface area (Å²) in [5.41, 5.74) is 0. The van der Waals surface area contributed by atoms with Crippen molar-refractivity contribution < 1.29 is 19.5 Å². The van der Waals surface area contributed by atoms with Crippen LogP contribution < -0.4 is 5.32 Å². The Balaban J connectivity index is 0.00000364. The largest absolute Gasteiger partial charge is 0.480 e. The van der Waals surface area contributed by atoms with Gasteiger partial charge in [0.2, 0.25) is 11.8 Å². The normalized spacial score (nSPS) is 18.8. The summed E-state index contributed by atoms with van der Waals surface area (Å²) in [6.07, 6.45) is 7.96. The average Bonchev–Trinajstić information content (AvgIpc) is 2.62. The van der Waals surface area contributed by atoms with Crippen LogP contribution in [-0.2, 0) is 14.4 Å². The Bertz CT molecular complexity index is 489. The third-order valence-corrected chi connectivity index (χ3v) is 5.39. The molecule has 0 aromatic heterocycles. The van der Waals surface area contributed by atoms with Gasteiger partial charge in [0.05, 0.1) is 13.1 Å². The van der Waals surface area contributed by atoms with Crippen molar-refractivity contribution in [1.82, 2.24) is 15.1 Å². The van der Waals surface area contributed by atoms with Gasteiger partial charge in [0.25, 0.3) is 0 Å². The van der Waals surface area contributed by atoms with Crippen molar-refractivity contribution in [2.75, 3.05) is 32.7 Å². The zero-order valence-corrected chi connectivity index (χ0v) is 17.1. The molecule has 2 amide bonds. The maximum atomic E-state index is 12.6. The number of nitrogens with one attached hydrogen (secondary N) is 1. The molecule has 156 valence electrons. The zero-order chi connectivity index (χ0) is 18.9. The van der Waals surface area contributed by atoms with E-state index < -0.39 is 5.97 Å². The Morgan fingerprint density at radius 3 is 2.22 bits per heavy atom. The molecule has 2 N–H and O–H groups in total. The smallest absolute Gasteiger partial charge is 0.317 e. The van der Waals surface area contributed by atoms with Gasteiger partial charge in [-0.1, -0.05) is 26.2 Å². The van der Waals surface area contributed by atoms with E-state index in [9.17, 15) is 14.4 Å². The predicted molar refractivity (Wildman–Crippen MR) is 106 cm³/mol. The zero-order valence-electron chi connectivity index (χ0n) is 16.3. The van der Waals surface area contributed by atoms with Crippen molar-refractivity contribution in [2.45, 2.75) is 64.3 Å². The fourth-order valence-electron chi connectivity index (χ4n) is 4.05. The summed E-state index contributed by atoms with van der Waals surface area (Å²) in [4.78, 5) is 39.3. The van der Waals surface area contributed by atoms with Gasteiger partial charge in [-0.25, -0.2) is 0 Å². The van der Waals surface area contributed by atoms with Crippen molar-refractivity contribution in [1.29, 1.82) is 0 Å². The van der Waals surface area contributed by atoms with Gasteiger partial charge < -0.3 is 15.3 Å². The molecule has 1 heterocycles. The van der Waals surface area contributed by atoms with E-state index in [4.69, 9.17) is 5.11 Å². The van der Waals surface area contributed by atoms with Crippen molar-refractivity contribution in [3.63, 3.8) is 0 Å². The molecule has 7 nitrogen and oxygen atoms in total. The highest BCUT2D eigenvalue weighted by Gasteiger charge is 2.29. The lowest BCUT2D eigenvalue weighted by molar-refractivity contribution is -0.139. The van der Waals surface area contributed by atoms with Gasteiger partial charge in [-0.05, 0) is 38.6 Å².